The summed E-state index contributed by atoms with van der Waals surface area (Å²) in [6.45, 7) is 0. The van der Waals surface area contributed by atoms with Crippen molar-refractivity contribution < 1.29 is 14.2 Å². The van der Waals surface area contributed by atoms with E-state index < -0.39 is 0 Å². The molecule has 0 amide bonds. The van der Waals surface area contributed by atoms with Gasteiger partial charge in [0.15, 0.2) is 11.5 Å². The van der Waals surface area contributed by atoms with Crippen LogP contribution in [0.3, 0.4) is 0 Å². The summed E-state index contributed by atoms with van der Waals surface area (Å²) in [4.78, 5) is 0. The zero-order chi connectivity index (χ0) is 12.1. The van der Waals surface area contributed by atoms with E-state index in [1.165, 1.54) is 0 Å². The Kier molecular flexibility index (Phi) is 4.77. The highest BCUT2D eigenvalue weighted by atomic mass is 35.5. The van der Waals surface area contributed by atoms with E-state index in [2.05, 4.69) is 0 Å². The van der Waals surface area contributed by atoms with Gasteiger partial charge in [-0.05, 0) is 23.8 Å². The van der Waals surface area contributed by atoms with Gasteiger partial charge in [-0.2, -0.15) is 0 Å². The summed E-state index contributed by atoms with van der Waals surface area (Å²) in [5, 5.41) is 0. The van der Waals surface area contributed by atoms with Crippen LogP contribution < -0.4 is 14.2 Å². The fraction of sp³-hybridized carbons (Fsp3) is 0.273. The second kappa shape index (κ2) is 5.87. The highest BCUT2D eigenvalue weighted by molar-refractivity contribution is 6.57. The Morgan fingerprint density at radius 2 is 1.50 bits per heavy atom. The monoisotopic (exact) mass is 262 g/mol. The molecular weight excluding hydrogens is 251 g/mol. The Morgan fingerprint density at radius 1 is 1.00 bits per heavy atom. The molecule has 88 valence electrons. The van der Waals surface area contributed by atoms with Crippen LogP contribution >= 0.6 is 23.2 Å². The van der Waals surface area contributed by atoms with Crippen LogP contribution in [0.5, 0.6) is 17.2 Å². The van der Waals surface area contributed by atoms with E-state index in [0.29, 0.717) is 17.2 Å². The van der Waals surface area contributed by atoms with Gasteiger partial charge in [0.05, 0.1) is 21.3 Å². The quantitative estimate of drug-likeness (QED) is 0.832. The predicted molar refractivity (Wildman–Crippen MR) is 65.8 cm³/mol. The van der Waals surface area contributed by atoms with E-state index in [1.807, 2.05) is 0 Å². The standard InChI is InChI=1S/C11H12Cl2O3/c1-14-8-4-7(6-10(12)13)5-9(15-2)11(8)16-3/h4-6H,1-3H3. The maximum Gasteiger partial charge on any atom is 0.203 e. The number of benzene rings is 1. The summed E-state index contributed by atoms with van der Waals surface area (Å²) in [7, 11) is 4.64. The lowest BCUT2D eigenvalue weighted by Gasteiger charge is -2.12. The molecule has 5 heteroatoms. The van der Waals surface area contributed by atoms with Crippen LogP contribution in [0.2, 0.25) is 0 Å². The molecule has 0 saturated heterocycles. The van der Waals surface area contributed by atoms with E-state index in [-0.39, 0.29) is 4.49 Å². The second-order valence-corrected chi connectivity index (χ2v) is 3.90. The maximum absolute atomic E-state index is 5.59. The van der Waals surface area contributed by atoms with Crippen molar-refractivity contribution in [1.82, 2.24) is 0 Å². The number of hydrogen-bond acceptors (Lipinski definition) is 3. The van der Waals surface area contributed by atoms with Gasteiger partial charge in [-0.3, -0.25) is 0 Å². The van der Waals surface area contributed by atoms with Gasteiger partial charge in [-0.15, -0.1) is 0 Å². The van der Waals surface area contributed by atoms with Gasteiger partial charge in [-0.25, -0.2) is 0 Å². The smallest absolute Gasteiger partial charge is 0.203 e. The minimum absolute atomic E-state index is 0.161. The molecule has 0 saturated carbocycles. The minimum Gasteiger partial charge on any atom is -0.493 e. The van der Waals surface area contributed by atoms with E-state index >= 15 is 0 Å². The van der Waals surface area contributed by atoms with Crippen molar-refractivity contribution in [2.24, 2.45) is 0 Å². The molecule has 0 unspecified atom stereocenters. The van der Waals surface area contributed by atoms with E-state index in [1.54, 1.807) is 39.5 Å². The van der Waals surface area contributed by atoms with Gasteiger partial charge in [0.1, 0.15) is 4.49 Å². The van der Waals surface area contributed by atoms with E-state index in [9.17, 15) is 0 Å². The minimum atomic E-state index is 0.161. The fourth-order valence-corrected chi connectivity index (χ4v) is 1.56. The van der Waals surface area contributed by atoms with Gasteiger partial charge < -0.3 is 14.2 Å². The van der Waals surface area contributed by atoms with Gasteiger partial charge in [0.25, 0.3) is 0 Å². The van der Waals surface area contributed by atoms with Crippen LogP contribution in [0.1, 0.15) is 5.56 Å². The molecule has 0 spiro atoms. The topological polar surface area (TPSA) is 27.7 Å². The lowest BCUT2D eigenvalue weighted by Crippen LogP contribution is -1.95. The van der Waals surface area contributed by atoms with Gasteiger partial charge in [-0.1, -0.05) is 23.2 Å². The Morgan fingerprint density at radius 3 is 1.81 bits per heavy atom. The van der Waals surface area contributed by atoms with Gasteiger partial charge in [0.2, 0.25) is 5.75 Å². The maximum atomic E-state index is 5.59. The SMILES string of the molecule is COc1cc(C=C(Cl)Cl)cc(OC)c1OC. The molecule has 1 aromatic rings. The van der Waals surface area contributed by atoms with Crippen LogP contribution in [0.4, 0.5) is 0 Å². The van der Waals surface area contributed by atoms with Crippen molar-refractivity contribution in [1.29, 1.82) is 0 Å². The van der Waals surface area contributed by atoms with Crippen molar-refractivity contribution in [2.75, 3.05) is 21.3 Å². The first kappa shape index (κ1) is 13.0. The molecule has 0 bridgehead atoms. The van der Waals surface area contributed by atoms with E-state index in [0.717, 1.165) is 5.56 Å². The highest BCUT2D eigenvalue weighted by Crippen LogP contribution is 2.38. The third-order valence-corrected chi connectivity index (χ3v) is 2.18. The molecule has 3 nitrogen and oxygen atoms in total. The summed E-state index contributed by atoms with van der Waals surface area (Å²) in [6, 6.07) is 3.51. The molecular formula is C11H12Cl2O3. The molecule has 0 fully saturated rings. The van der Waals surface area contributed by atoms with E-state index in [4.69, 9.17) is 37.4 Å². The molecule has 1 aromatic carbocycles. The zero-order valence-corrected chi connectivity index (χ0v) is 10.7. The number of rotatable bonds is 4. The molecule has 0 aliphatic heterocycles. The van der Waals surface area contributed by atoms with Gasteiger partial charge in [0, 0.05) is 0 Å². The predicted octanol–water partition coefficient (Wildman–Crippen LogP) is 3.49. The lowest BCUT2D eigenvalue weighted by molar-refractivity contribution is 0.324. The average molecular weight is 263 g/mol. The molecule has 0 heterocycles. The van der Waals surface area contributed by atoms with Crippen molar-refractivity contribution in [3.05, 3.63) is 22.2 Å². The summed E-state index contributed by atoms with van der Waals surface area (Å²) in [5.41, 5.74) is 0.773. The second-order valence-electron chi connectivity index (χ2n) is 2.89. The normalized spacial score (nSPS) is 9.56. The first-order valence-electron chi connectivity index (χ1n) is 4.45. The molecule has 0 radical (unpaired) electrons. The number of ether oxygens (including phenoxy) is 3. The van der Waals surface area contributed by atoms with Gasteiger partial charge >= 0.3 is 0 Å². The highest BCUT2D eigenvalue weighted by Gasteiger charge is 2.12. The average Bonchev–Trinajstić information content (AvgIpc) is 2.26. The Labute approximate surface area is 105 Å². The largest absolute Gasteiger partial charge is 0.493 e. The molecule has 0 aliphatic rings. The first-order valence-corrected chi connectivity index (χ1v) is 5.20. The van der Waals surface area contributed by atoms with Crippen molar-refractivity contribution in [3.63, 3.8) is 0 Å². The zero-order valence-electron chi connectivity index (χ0n) is 9.21. The molecule has 0 N–H and O–H groups in total. The first-order chi connectivity index (χ1) is 7.62. The third-order valence-electron chi connectivity index (χ3n) is 1.96. The molecule has 0 aliphatic carbocycles. The molecule has 16 heavy (non-hydrogen) atoms. The van der Waals surface area contributed by atoms with Crippen LogP contribution in [0.25, 0.3) is 6.08 Å². The summed E-state index contributed by atoms with van der Waals surface area (Å²) < 4.78 is 15.7. The van der Waals surface area contributed by atoms with Crippen LogP contribution in [0, 0.1) is 0 Å². The summed E-state index contributed by atoms with van der Waals surface area (Å²) >= 11 is 11.2. The number of methoxy groups -OCH3 is 3. The van der Waals surface area contributed by atoms with Crippen molar-refractivity contribution in [3.8, 4) is 17.2 Å². The van der Waals surface area contributed by atoms with Crippen LogP contribution in [0.15, 0.2) is 16.6 Å². The third kappa shape index (κ3) is 2.97. The molecule has 0 atom stereocenters. The summed E-state index contributed by atoms with van der Waals surface area (Å²) in [6.07, 6.45) is 1.59. The fourth-order valence-electron chi connectivity index (χ4n) is 1.31. The number of halogens is 2. The van der Waals surface area contributed by atoms with Crippen molar-refractivity contribution in [2.45, 2.75) is 0 Å². The molecule has 1 rings (SSSR count). The van der Waals surface area contributed by atoms with Crippen LogP contribution in [-0.2, 0) is 0 Å². The molecule has 0 aromatic heterocycles. The Bertz CT molecular complexity index is 373. The Hall–Kier alpha value is -1.06. The van der Waals surface area contributed by atoms with Crippen molar-refractivity contribution >= 4 is 29.3 Å². The summed E-state index contributed by atoms with van der Waals surface area (Å²) in [5.74, 6) is 1.65. The lowest BCUT2D eigenvalue weighted by atomic mass is 10.2. The van der Waals surface area contributed by atoms with Crippen LogP contribution in [-0.4, -0.2) is 21.3 Å². The number of hydrogen-bond donors (Lipinski definition) is 0. The Balaban J connectivity index is 3.31.